The van der Waals surface area contributed by atoms with Crippen LogP contribution in [-0.2, 0) is 4.79 Å². The highest BCUT2D eigenvalue weighted by Crippen LogP contribution is 2.34. The molecule has 0 aromatic heterocycles. The van der Waals surface area contributed by atoms with Crippen LogP contribution in [0.15, 0.2) is 18.2 Å². The van der Waals surface area contributed by atoms with Crippen LogP contribution in [0.4, 0.5) is 11.4 Å². The summed E-state index contributed by atoms with van der Waals surface area (Å²) in [4.78, 5) is 11.4. The molecule has 1 aliphatic carbocycles. The average Bonchev–Trinajstić information content (AvgIpc) is 3.17. The number of carbonyl (C=O) groups excluding carboxylic acids is 1. The van der Waals surface area contributed by atoms with Gasteiger partial charge in [0, 0.05) is 23.8 Å². The molecule has 0 heterocycles. The van der Waals surface area contributed by atoms with Gasteiger partial charge in [-0.15, -0.1) is 0 Å². The normalized spacial score (nSPS) is 16.2. The van der Waals surface area contributed by atoms with Gasteiger partial charge in [0.1, 0.15) is 0 Å². The van der Waals surface area contributed by atoms with Gasteiger partial charge < -0.3 is 10.6 Å². The molecule has 2 N–H and O–H groups in total. The fraction of sp³-hybridized carbons (Fsp3) is 0.533. The molecule has 1 fully saturated rings. The number of anilines is 2. The van der Waals surface area contributed by atoms with Crippen molar-refractivity contribution in [2.24, 2.45) is 5.92 Å². The maximum atomic E-state index is 11.4. The van der Waals surface area contributed by atoms with E-state index in [2.05, 4.69) is 24.5 Å². The Morgan fingerprint density at radius 3 is 2.78 bits per heavy atom. The largest absolute Gasteiger partial charge is 0.382 e. The molecule has 98 valence electrons. The SMILES string of the molecule is CCC(=O)Nc1ccc(C)c(NC(C)C2CC2)c1. The lowest BCUT2D eigenvalue weighted by Crippen LogP contribution is -2.18. The van der Waals surface area contributed by atoms with Gasteiger partial charge in [-0.1, -0.05) is 13.0 Å². The molecule has 2 rings (SSSR count). The molecule has 0 saturated heterocycles. The fourth-order valence-electron chi connectivity index (χ4n) is 2.06. The lowest BCUT2D eigenvalue weighted by molar-refractivity contribution is -0.115. The molecule has 1 aliphatic rings. The zero-order chi connectivity index (χ0) is 13.1. The van der Waals surface area contributed by atoms with Crippen molar-refractivity contribution in [1.82, 2.24) is 0 Å². The molecule has 0 radical (unpaired) electrons. The number of hydrogen-bond donors (Lipinski definition) is 2. The number of amides is 1. The second-order valence-electron chi connectivity index (χ2n) is 5.20. The standard InChI is InChI=1S/C15H22N2O/c1-4-15(18)17-13-8-5-10(2)14(9-13)16-11(3)12-6-7-12/h5,8-9,11-12,16H,4,6-7H2,1-3H3,(H,17,18). The predicted molar refractivity (Wildman–Crippen MR) is 75.9 cm³/mol. The van der Waals surface area contributed by atoms with Crippen molar-refractivity contribution in [1.29, 1.82) is 0 Å². The molecule has 0 aliphatic heterocycles. The highest BCUT2D eigenvalue weighted by molar-refractivity contribution is 5.91. The molecular formula is C15H22N2O. The minimum atomic E-state index is 0.0556. The Bertz CT molecular complexity index is 438. The first-order valence-electron chi connectivity index (χ1n) is 6.77. The zero-order valence-corrected chi connectivity index (χ0v) is 11.4. The van der Waals surface area contributed by atoms with Crippen LogP contribution in [0.25, 0.3) is 0 Å². The van der Waals surface area contributed by atoms with Gasteiger partial charge in [0.15, 0.2) is 0 Å². The summed E-state index contributed by atoms with van der Waals surface area (Å²) >= 11 is 0. The van der Waals surface area contributed by atoms with Crippen LogP contribution in [0.5, 0.6) is 0 Å². The fourth-order valence-corrected chi connectivity index (χ4v) is 2.06. The quantitative estimate of drug-likeness (QED) is 0.834. The van der Waals surface area contributed by atoms with E-state index < -0.39 is 0 Å². The summed E-state index contributed by atoms with van der Waals surface area (Å²) in [5, 5.41) is 6.45. The summed E-state index contributed by atoms with van der Waals surface area (Å²) in [5.74, 6) is 0.873. The monoisotopic (exact) mass is 246 g/mol. The van der Waals surface area contributed by atoms with Crippen LogP contribution >= 0.6 is 0 Å². The van der Waals surface area contributed by atoms with Crippen LogP contribution in [0.3, 0.4) is 0 Å². The van der Waals surface area contributed by atoms with E-state index in [1.807, 2.05) is 25.1 Å². The van der Waals surface area contributed by atoms with E-state index >= 15 is 0 Å². The molecule has 3 nitrogen and oxygen atoms in total. The molecule has 1 aromatic carbocycles. The summed E-state index contributed by atoms with van der Waals surface area (Å²) in [6.07, 6.45) is 3.17. The van der Waals surface area contributed by atoms with E-state index in [1.54, 1.807) is 0 Å². The lowest BCUT2D eigenvalue weighted by atomic mass is 10.1. The van der Waals surface area contributed by atoms with Crippen molar-refractivity contribution in [3.63, 3.8) is 0 Å². The highest BCUT2D eigenvalue weighted by Gasteiger charge is 2.27. The Kier molecular flexibility index (Phi) is 3.90. The first kappa shape index (κ1) is 12.9. The number of hydrogen-bond acceptors (Lipinski definition) is 2. The van der Waals surface area contributed by atoms with E-state index in [1.165, 1.54) is 18.4 Å². The van der Waals surface area contributed by atoms with Crippen molar-refractivity contribution in [2.45, 2.75) is 46.1 Å². The minimum Gasteiger partial charge on any atom is -0.382 e. The maximum Gasteiger partial charge on any atom is 0.224 e. The maximum absolute atomic E-state index is 11.4. The van der Waals surface area contributed by atoms with Gasteiger partial charge >= 0.3 is 0 Å². The van der Waals surface area contributed by atoms with Crippen LogP contribution in [0, 0.1) is 12.8 Å². The summed E-state index contributed by atoms with van der Waals surface area (Å²) < 4.78 is 0. The average molecular weight is 246 g/mol. The zero-order valence-electron chi connectivity index (χ0n) is 11.4. The van der Waals surface area contributed by atoms with Crippen LogP contribution < -0.4 is 10.6 Å². The van der Waals surface area contributed by atoms with Gasteiger partial charge in [0.2, 0.25) is 5.91 Å². The lowest BCUT2D eigenvalue weighted by Gasteiger charge is -2.17. The molecule has 1 atom stereocenters. The third kappa shape index (κ3) is 3.25. The van der Waals surface area contributed by atoms with Gasteiger partial charge in [-0.25, -0.2) is 0 Å². The van der Waals surface area contributed by atoms with Crippen molar-refractivity contribution in [3.05, 3.63) is 23.8 Å². The third-order valence-corrected chi connectivity index (χ3v) is 3.55. The van der Waals surface area contributed by atoms with Crippen molar-refractivity contribution < 1.29 is 4.79 Å². The summed E-state index contributed by atoms with van der Waals surface area (Å²) in [6.45, 7) is 6.18. The summed E-state index contributed by atoms with van der Waals surface area (Å²) in [7, 11) is 0. The van der Waals surface area contributed by atoms with Gasteiger partial charge in [-0.2, -0.15) is 0 Å². The highest BCUT2D eigenvalue weighted by atomic mass is 16.1. The van der Waals surface area contributed by atoms with Crippen LogP contribution in [0.2, 0.25) is 0 Å². The summed E-state index contributed by atoms with van der Waals surface area (Å²) in [6, 6.07) is 6.55. The first-order chi connectivity index (χ1) is 8.60. The van der Waals surface area contributed by atoms with Gasteiger partial charge in [0.05, 0.1) is 0 Å². The third-order valence-electron chi connectivity index (χ3n) is 3.55. The number of rotatable bonds is 5. The van der Waals surface area contributed by atoms with Gasteiger partial charge in [-0.3, -0.25) is 4.79 Å². The molecule has 1 aromatic rings. The molecular weight excluding hydrogens is 224 g/mol. The number of benzene rings is 1. The number of aryl methyl sites for hydroxylation is 1. The molecule has 3 heteroatoms. The van der Waals surface area contributed by atoms with E-state index in [0.717, 1.165) is 17.3 Å². The summed E-state index contributed by atoms with van der Waals surface area (Å²) in [5.41, 5.74) is 3.22. The smallest absolute Gasteiger partial charge is 0.224 e. The van der Waals surface area contributed by atoms with Crippen LogP contribution in [-0.4, -0.2) is 11.9 Å². The Labute approximate surface area is 109 Å². The second kappa shape index (κ2) is 5.42. The molecule has 0 bridgehead atoms. The van der Waals surface area contributed by atoms with E-state index in [9.17, 15) is 4.79 Å². The Hall–Kier alpha value is -1.51. The Balaban J connectivity index is 2.07. The van der Waals surface area contributed by atoms with Gasteiger partial charge in [-0.05, 0) is 50.3 Å². The molecule has 1 unspecified atom stereocenters. The van der Waals surface area contributed by atoms with E-state index in [4.69, 9.17) is 0 Å². The second-order valence-corrected chi connectivity index (χ2v) is 5.20. The molecule has 18 heavy (non-hydrogen) atoms. The van der Waals surface area contributed by atoms with Crippen molar-refractivity contribution in [2.75, 3.05) is 10.6 Å². The van der Waals surface area contributed by atoms with E-state index in [-0.39, 0.29) is 5.91 Å². The Morgan fingerprint density at radius 2 is 2.17 bits per heavy atom. The Morgan fingerprint density at radius 1 is 1.44 bits per heavy atom. The molecule has 1 saturated carbocycles. The topological polar surface area (TPSA) is 41.1 Å². The van der Waals surface area contributed by atoms with E-state index in [0.29, 0.717) is 12.5 Å². The van der Waals surface area contributed by atoms with Crippen molar-refractivity contribution >= 4 is 17.3 Å². The van der Waals surface area contributed by atoms with Crippen LogP contribution in [0.1, 0.15) is 38.7 Å². The minimum absolute atomic E-state index is 0.0556. The first-order valence-corrected chi connectivity index (χ1v) is 6.77. The molecule has 1 amide bonds. The number of nitrogens with one attached hydrogen (secondary N) is 2. The predicted octanol–water partition coefficient (Wildman–Crippen LogP) is 3.55. The van der Waals surface area contributed by atoms with Crippen molar-refractivity contribution in [3.8, 4) is 0 Å². The number of carbonyl (C=O) groups is 1. The van der Waals surface area contributed by atoms with Gasteiger partial charge in [0.25, 0.3) is 0 Å². The molecule has 0 spiro atoms.